The largest absolute Gasteiger partial charge is 0.394 e. The maximum atomic E-state index is 11.7. The molecule has 240 valence electrons. The van der Waals surface area contributed by atoms with Crippen LogP contribution in [0.4, 0.5) is 0 Å². The van der Waals surface area contributed by atoms with Gasteiger partial charge < -0.3 is 44.5 Å². The van der Waals surface area contributed by atoms with Gasteiger partial charge in [0.2, 0.25) is 0 Å². The molecule has 3 aliphatic heterocycles. The fourth-order valence-corrected chi connectivity index (χ4v) is 11.8. The summed E-state index contributed by atoms with van der Waals surface area (Å²) >= 11 is 0. The van der Waals surface area contributed by atoms with Crippen molar-refractivity contribution in [3.8, 4) is 0 Å². The van der Waals surface area contributed by atoms with Crippen LogP contribution in [0.15, 0.2) is 0 Å². The first-order chi connectivity index (χ1) is 19.9. The van der Waals surface area contributed by atoms with E-state index in [4.69, 9.17) is 18.9 Å². The van der Waals surface area contributed by atoms with E-state index in [2.05, 4.69) is 27.7 Å². The summed E-state index contributed by atoms with van der Waals surface area (Å²) in [5, 5.41) is 52.2. The molecular weight excluding hydrogens is 540 g/mol. The predicted molar refractivity (Wildman–Crippen MR) is 152 cm³/mol. The third-order valence-electron chi connectivity index (χ3n) is 14.1. The van der Waals surface area contributed by atoms with Crippen molar-refractivity contribution in [2.45, 2.75) is 140 Å². The molecule has 2 unspecified atom stereocenters. The first-order valence-electron chi connectivity index (χ1n) is 16.9. The Labute approximate surface area is 250 Å². The maximum Gasteiger partial charge on any atom is 0.186 e. The van der Waals surface area contributed by atoms with Gasteiger partial charge in [0.05, 0.1) is 31.5 Å². The third-order valence-corrected chi connectivity index (χ3v) is 14.1. The Morgan fingerprint density at radius 1 is 0.810 bits per heavy atom. The molecule has 3 heterocycles. The summed E-state index contributed by atoms with van der Waals surface area (Å²) in [4.78, 5) is 0. The van der Waals surface area contributed by atoms with E-state index in [-0.39, 0.29) is 29.0 Å². The van der Waals surface area contributed by atoms with Gasteiger partial charge >= 0.3 is 0 Å². The standard InChI is InChI=1S/C33H54O9/c1-16-5-10-33(39-15-16)17(2)26-24(42-33)13-21-19-12-23(35)22-11-18(6-8-31(22,3)20(19)7-9-32(21,26)4)40-30-29(38)28(37)27(36)25(14-34)41-30/h16-30,34-38H,5-15H2,1-4H3/t16?,17-,18-,19+,20-,21-,22?,23-,24-,25+,26-,27+,28-,29+,30+,31+,32-,33+/m0/s1. The molecule has 0 aromatic carbocycles. The molecule has 0 aromatic heterocycles. The fourth-order valence-electron chi connectivity index (χ4n) is 11.8. The minimum absolute atomic E-state index is 0.00686. The molecule has 0 aromatic rings. The quantitative estimate of drug-likeness (QED) is 0.312. The Balaban J connectivity index is 1.05. The van der Waals surface area contributed by atoms with E-state index in [9.17, 15) is 25.5 Å². The van der Waals surface area contributed by atoms with Crippen molar-refractivity contribution in [3.63, 3.8) is 0 Å². The molecule has 0 amide bonds. The fraction of sp³-hybridized carbons (Fsp3) is 1.00. The minimum atomic E-state index is -1.45. The molecular formula is C33H54O9. The van der Waals surface area contributed by atoms with E-state index < -0.39 is 49.2 Å². The molecule has 42 heavy (non-hydrogen) atoms. The molecule has 7 rings (SSSR count). The van der Waals surface area contributed by atoms with Gasteiger partial charge in [-0.2, -0.15) is 0 Å². The van der Waals surface area contributed by atoms with E-state index >= 15 is 0 Å². The van der Waals surface area contributed by atoms with Crippen LogP contribution >= 0.6 is 0 Å². The highest BCUT2D eigenvalue weighted by Crippen LogP contribution is 2.71. The first kappa shape index (κ1) is 30.3. The van der Waals surface area contributed by atoms with Crippen molar-refractivity contribution < 1.29 is 44.5 Å². The summed E-state index contributed by atoms with van der Waals surface area (Å²) in [5.41, 5.74) is 0.209. The van der Waals surface area contributed by atoms with Crippen LogP contribution in [0, 0.1) is 52.3 Å². The van der Waals surface area contributed by atoms with Crippen LogP contribution in [0.2, 0.25) is 0 Å². The molecule has 0 bridgehead atoms. The van der Waals surface area contributed by atoms with Gasteiger partial charge in [0.15, 0.2) is 12.1 Å². The normalized spacial score (nSPS) is 60.9. The number of rotatable bonds is 3. The van der Waals surface area contributed by atoms with E-state index in [1.54, 1.807) is 0 Å². The van der Waals surface area contributed by atoms with E-state index in [0.29, 0.717) is 41.9 Å². The van der Waals surface area contributed by atoms with Gasteiger partial charge in [-0.25, -0.2) is 0 Å². The summed E-state index contributed by atoms with van der Waals surface area (Å²) < 4.78 is 25.2. The highest BCUT2D eigenvalue weighted by atomic mass is 16.7. The number of hydrogen-bond acceptors (Lipinski definition) is 9. The van der Waals surface area contributed by atoms with Crippen LogP contribution in [-0.4, -0.2) is 93.6 Å². The highest BCUT2D eigenvalue weighted by Gasteiger charge is 2.70. The number of fused-ring (bicyclic) bond motifs is 7. The third kappa shape index (κ3) is 4.35. The Morgan fingerprint density at radius 3 is 2.29 bits per heavy atom. The topological polar surface area (TPSA) is 138 Å². The van der Waals surface area contributed by atoms with Crippen LogP contribution in [0.3, 0.4) is 0 Å². The minimum Gasteiger partial charge on any atom is -0.394 e. The van der Waals surface area contributed by atoms with Crippen LogP contribution in [0.1, 0.15) is 85.5 Å². The SMILES string of the molecule is CC1CC[C@@]2(OC1)O[C@H]1C[C@H]3[C@@H]4C[C@H](O)C5C[C@@H](O[C@@H]6O[C@H](CO)[C@@H](O)[C@H](O)[C@H]6O)CC[C@]5(C)[C@H]4CC[C@]3(C)[C@H]1[C@@H]2C. The van der Waals surface area contributed by atoms with Gasteiger partial charge in [-0.1, -0.05) is 27.7 Å². The zero-order chi connectivity index (χ0) is 29.8. The second-order valence-electron chi connectivity index (χ2n) is 16.0. The van der Waals surface area contributed by atoms with Crippen molar-refractivity contribution in [1.29, 1.82) is 0 Å². The van der Waals surface area contributed by atoms with Crippen molar-refractivity contribution >= 4 is 0 Å². The Morgan fingerprint density at radius 2 is 1.57 bits per heavy atom. The molecule has 18 atom stereocenters. The highest BCUT2D eigenvalue weighted by molar-refractivity contribution is 5.16. The van der Waals surface area contributed by atoms with Crippen LogP contribution in [-0.2, 0) is 18.9 Å². The molecule has 5 N–H and O–H groups in total. The van der Waals surface area contributed by atoms with Crippen molar-refractivity contribution in [3.05, 3.63) is 0 Å². The van der Waals surface area contributed by atoms with Gasteiger partial charge in [-0.3, -0.25) is 0 Å². The summed E-state index contributed by atoms with van der Waals surface area (Å²) in [5.74, 6) is 2.73. The first-order valence-corrected chi connectivity index (χ1v) is 16.9. The summed E-state index contributed by atoms with van der Waals surface area (Å²) in [7, 11) is 0. The molecule has 3 saturated heterocycles. The Bertz CT molecular complexity index is 1000. The van der Waals surface area contributed by atoms with Gasteiger partial charge in [-0.15, -0.1) is 0 Å². The van der Waals surface area contributed by atoms with Gasteiger partial charge in [-0.05, 0) is 97.7 Å². The van der Waals surface area contributed by atoms with Crippen molar-refractivity contribution in [1.82, 2.24) is 0 Å². The molecule has 0 radical (unpaired) electrons. The maximum absolute atomic E-state index is 11.7. The summed E-state index contributed by atoms with van der Waals surface area (Å²) in [6, 6.07) is 0. The smallest absolute Gasteiger partial charge is 0.186 e. The van der Waals surface area contributed by atoms with E-state index in [1.807, 2.05) is 0 Å². The predicted octanol–water partition coefficient (Wildman–Crippen LogP) is 2.59. The number of ether oxygens (including phenoxy) is 4. The summed E-state index contributed by atoms with van der Waals surface area (Å²) in [6.07, 6.45) is 2.02. The Kier molecular flexibility index (Phi) is 7.64. The Hall–Kier alpha value is -0.360. The lowest BCUT2D eigenvalue weighted by molar-refractivity contribution is -0.317. The second-order valence-corrected chi connectivity index (χ2v) is 16.0. The van der Waals surface area contributed by atoms with E-state index in [0.717, 1.165) is 38.7 Å². The molecule has 4 aliphatic carbocycles. The lowest BCUT2D eigenvalue weighted by Gasteiger charge is -2.62. The van der Waals surface area contributed by atoms with Gasteiger partial charge in [0.25, 0.3) is 0 Å². The number of aliphatic hydroxyl groups excluding tert-OH is 5. The zero-order valence-corrected chi connectivity index (χ0v) is 25.8. The average molecular weight is 595 g/mol. The summed E-state index contributed by atoms with van der Waals surface area (Å²) in [6.45, 7) is 9.88. The van der Waals surface area contributed by atoms with Crippen molar-refractivity contribution in [2.75, 3.05) is 13.2 Å². The second kappa shape index (κ2) is 10.6. The zero-order valence-electron chi connectivity index (χ0n) is 25.8. The molecule has 4 saturated carbocycles. The van der Waals surface area contributed by atoms with E-state index in [1.165, 1.54) is 19.3 Å². The number of hydrogen-bond donors (Lipinski definition) is 5. The van der Waals surface area contributed by atoms with Gasteiger partial charge in [0.1, 0.15) is 24.4 Å². The van der Waals surface area contributed by atoms with Crippen LogP contribution < -0.4 is 0 Å². The average Bonchev–Trinajstić information content (AvgIpc) is 3.41. The molecule has 7 aliphatic rings. The van der Waals surface area contributed by atoms with Crippen LogP contribution in [0.5, 0.6) is 0 Å². The molecule has 9 heteroatoms. The molecule has 9 nitrogen and oxygen atoms in total. The van der Waals surface area contributed by atoms with Crippen molar-refractivity contribution in [2.24, 2.45) is 52.3 Å². The monoisotopic (exact) mass is 594 g/mol. The lowest BCUT2D eigenvalue weighted by Crippen LogP contribution is -2.61. The lowest BCUT2D eigenvalue weighted by atomic mass is 9.43. The van der Waals surface area contributed by atoms with Gasteiger partial charge in [0, 0.05) is 12.3 Å². The van der Waals surface area contributed by atoms with Crippen LogP contribution in [0.25, 0.3) is 0 Å². The molecule has 1 spiro atoms. The molecule has 7 fully saturated rings. The number of aliphatic hydroxyl groups is 5.